The molecular weight excluding hydrogens is 333 g/mol. The summed E-state index contributed by atoms with van der Waals surface area (Å²) in [6.07, 6.45) is 0. The summed E-state index contributed by atoms with van der Waals surface area (Å²) in [5.74, 6) is -1.66. The molecule has 3 rings (SSSR count). The summed E-state index contributed by atoms with van der Waals surface area (Å²) in [5.41, 5.74) is -0.818. The number of aromatic nitrogens is 1. The summed E-state index contributed by atoms with van der Waals surface area (Å²) in [6, 6.07) is 6.50. The van der Waals surface area contributed by atoms with Crippen molar-refractivity contribution in [2.24, 2.45) is 0 Å². The van der Waals surface area contributed by atoms with E-state index in [0.717, 1.165) is 0 Å². The zero-order valence-corrected chi connectivity index (χ0v) is 12.2. The van der Waals surface area contributed by atoms with Crippen LogP contribution in [0.2, 0.25) is 10.0 Å². The van der Waals surface area contributed by atoms with Gasteiger partial charge < -0.3 is 14.6 Å². The molecule has 0 unspecified atom stereocenters. The molecule has 0 saturated carbocycles. The van der Waals surface area contributed by atoms with E-state index >= 15 is 0 Å². The van der Waals surface area contributed by atoms with Crippen molar-refractivity contribution < 1.29 is 14.6 Å². The van der Waals surface area contributed by atoms with Crippen LogP contribution in [0, 0.1) is 0 Å². The number of rotatable bonds is 1. The number of benzene rings is 2. The smallest absolute Gasteiger partial charge is 0.427 e. The highest BCUT2D eigenvalue weighted by molar-refractivity contribution is 6.37. The van der Waals surface area contributed by atoms with Crippen LogP contribution < -0.4 is 11.3 Å². The summed E-state index contributed by atoms with van der Waals surface area (Å²) in [6.45, 7) is 0. The molecule has 0 atom stereocenters. The van der Waals surface area contributed by atoms with Gasteiger partial charge in [-0.25, -0.2) is 9.36 Å². The predicted octanol–water partition coefficient (Wildman–Crippen LogP) is 2.66. The SMILES string of the molecule is O=c1oc2cccc(O)c2c(=O)n1-c1cc(Cl)c(O)c(Cl)c1. The molecule has 0 aliphatic carbocycles. The van der Waals surface area contributed by atoms with Crippen LogP contribution >= 0.6 is 23.2 Å². The third-order valence-corrected chi connectivity index (χ3v) is 3.64. The zero-order valence-electron chi connectivity index (χ0n) is 10.7. The molecule has 3 aromatic rings. The van der Waals surface area contributed by atoms with Gasteiger partial charge >= 0.3 is 5.76 Å². The number of phenolic OH excluding ortho intramolecular Hbond substituents is 2. The van der Waals surface area contributed by atoms with E-state index in [-0.39, 0.29) is 38.2 Å². The van der Waals surface area contributed by atoms with Crippen LogP contribution in [0.25, 0.3) is 16.7 Å². The first kappa shape index (κ1) is 14.5. The normalized spacial score (nSPS) is 11.0. The molecule has 1 aromatic heterocycles. The van der Waals surface area contributed by atoms with E-state index in [1.54, 1.807) is 0 Å². The molecule has 0 aliphatic rings. The fraction of sp³-hybridized carbons (Fsp3) is 0. The van der Waals surface area contributed by atoms with Gasteiger partial charge in [0.1, 0.15) is 16.7 Å². The lowest BCUT2D eigenvalue weighted by atomic mass is 10.2. The van der Waals surface area contributed by atoms with Gasteiger partial charge in [-0.15, -0.1) is 0 Å². The first-order valence-corrected chi connectivity index (χ1v) is 6.72. The van der Waals surface area contributed by atoms with Crippen molar-refractivity contribution in [2.45, 2.75) is 0 Å². The molecule has 8 heteroatoms. The summed E-state index contributed by atoms with van der Waals surface area (Å²) in [5, 5.41) is 18.9. The highest BCUT2D eigenvalue weighted by Gasteiger charge is 2.16. The first-order chi connectivity index (χ1) is 10.4. The average molecular weight is 340 g/mol. The molecule has 6 nitrogen and oxygen atoms in total. The number of hydrogen-bond acceptors (Lipinski definition) is 5. The van der Waals surface area contributed by atoms with E-state index in [1.165, 1.54) is 30.3 Å². The van der Waals surface area contributed by atoms with Gasteiger partial charge in [0.15, 0.2) is 5.75 Å². The predicted molar refractivity (Wildman–Crippen MR) is 81.4 cm³/mol. The van der Waals surface area contributed by atoms with Gasteiger partial charge in [0.25, 0.3) is 5.56 Å². The Bertz CT molecular complexity index is 999. The second-order valence-corrected chi connectivity index (χ2v) is 5.23. The van der Waals surface area contributed by atoms with Gasteiger partial charge in [-0.1, -0.05) is 29.3 Å². The minimum absolute atomic E-state index is 0.0108. The number of aromatic hydroxyl groups is 2. The molecule has 112 valence electrons. The quantitative estimate of drug-likeness (QED) is 0.710. The van der Waals surface area contributed by atoms with Crippen LogP contribution in [0.1, 0.15) is 0 Å². The first-order valence-electron chi connectivity index (χ1n) is 5.96. The van der Waals surface area contributed by atoms with Gasteiger partial charge in [0.05, 0.1) is 15.7 Å². The van der Waals surface area contributed by atoms with Gasteiger partial charge in [-0.2, -0.15) is 0 Å². The van der Waals surface area contributed by atoms with Gasteiger partial charge in [0, 0.05) is 0 Å². The molecule has 1 heterocycles. The average Bonchev–Trinajstić information content (AvgIpc) is 2.44. The fourth-order valence-corrected chi connectivity index (χ4v) is 2.53. The number of halogens is 2. The topological polar surface area (TPSA) is 92.7 Å². The van der Waals surface area contributed by atoms with Gasteiger partial charge in [-0.3, -0.25) is 4.79 Å². The molecule has 0 saturated heterocycles. The molecular formula is C14H7Cl2NO5. The van der Waals surface area contributed by atoms with Crippen molar-refractivity contribution in [2.75, 3.05) is 0 Å². The molecule has 2 N–H and O–H groups in total. The second-order valence-electron chi connectivity index (χ2n) is 4.42. The van der Waals surface area contributed by atoms with Crippen molar-refractivity contribution in [1.82, 2.24) is 4.57 Å². The third kappa shape index (κ3) is 2.13. The van der Waals surface area contributed by atoms with E-state index < -0.39 is 11.3 Å². The third-order valence-electron chi connectivity index (χ3n) is 3.06. The largest absolute Gasteiger partial charge is 0.507 e. The lowest BCUT2D eigenvalue weighted by Crippen LogP contribution is -2.31. The lowest BCUT2D eigenvalue weighted by molar-refractivity contribution is 0.469. The molecule has 0 bridgehead atoms. The number of phenols is 2. The Hall–Kier alpha value is -2.44. The van der Waals surface area contributed by atoms with Gasteiger partial charge in [-0.05, 0) is 24.3 Å². The lowest BCUT2D eigenvalue weighted by Gasteiger charge is -2.08. The Morgan fingerprint density at radius 3 is 2.32 bits per heavy atom. The molecule has 0 fully saturated rings. The Labute approximate surface area is 132 Å². The summed E-state index contributed by atoms with van der Waals surface area (Å²) in [4.78, 5) is 24.5. The summed E-state index contributed by atoms with van der Waals surface area (Å²) < 4.78 is 5.68. The maximum absolute atomic E-state index is 12.5. The minimum atomic E-state index is -0.971. The van der Waals surface area contributed by atoms with E-state index in [9.17, 15) is 19.8 Å². The monoisotopic (exact) mass is 339 g/mol. The van der Waals surface area contributed by atoms with E-state index in [4.69, 9.17) is 27.6 Å². The Morgan fingerprint density at radius 1 is 1.05 bits per heavy atom. The maximum atomic E-state index is 12.5. The molecule has 0 aliphatic heterocycles. The number of fused-ring (bicyclic) bond motifs is 1. The summed E-state index contributed by atoms with van der Waals surface area (Å²) in [7, 11) is 0. The van der Waals surface area contributed by atoms with Crippen LogP contribution in [0.4, 0.5) is 0 Å². The molecule has 2 aromatic carbocycles. The number of hydrogen-bond donors (Lipinski definition) is 2. The van der Waals surface area contributed by atoms with Crippen molar-refractivity contribution in [3.8, 4) is 17.2 Å². The Balaban J connectivity index is 2.45. The Kier molecular flexibility index (Phi) is 3.35. The Morgan fingerprint density at radius 2 is 1.68 bits per heavy atom. The van der Waals surface area contributed by atoms with Crippen molar-refractivity contribution in [1.29, 1.82) is 0 Å². The minimum Gasteiger partial charge on any atom is -0.507 e. The summed E-state index contributed by atoms with van der Waals surface area (Å²) >= 11 is 11.6. The van der Waals surface area contributed by atoms with Crippen LogP contribution in [0.3, 0.4) is 0 Å². The highest BCUT2D eigenvalue weighted by atomic mass is 35.5. The second kappa shape index (κ2) is 5.08. The molecule has 0 spiro atoms. The van der Waals surface area contributed by atoms with Crippen molar-refractivity contribution >= 4 is 34.2 Å². The zero-order chi connectivity index (χ0) is 16.0. The highest BCUT2D eigenvalue weighted by Crippen LogP contribution is 2.33. The van der Waals surface area contributed by atoms with Crippen LogP contribution in [0.15, 0.2) is 44.3 Å². The van der Waals surface area contributed by atoms with E-state index in [2.05, 4.69) is 0 Å². The van der Waals surface area contributed by atoms with E-state index in [0.29, 0.717) is 4.57 Å². The molecule has 22 heavy (non-hydrogen) atoms. The molecule has 0 radical (unpaired) electrons. The van der Waals surface area contributed by atoms with Crippen LogP contribution in [0.5, 0.6) is 11.5 Å². The number of nitrogens with zero attached hydrogens (tertiary/aromatic N) is 1. The fourth-order valence-electron chi connectivity index (χ4n) is 2.06. The van der Waals surface area contributed by atoms with Crippen LogP contribution in [-0.4, -0.2) is 14.8 Å². The van der Waals surface area contributed by atoms with Gasteiger partial charge in [0.2, 0.25) is 0 Å². The van der Waals surface area contributed by atoms with E-state index in [1.807, 2.05) is 0 Å². The molecule has 0 amide bonds. The van der Waals surface area contributed by atoms with Crippen molar-refractivity contribution in [3.63, 3.8) is 0 Å². The standard InChI is InChI=1S/C14H7Cl2NO5/c15-7-4-6(5-8(16)12(7)19)17-13(20)11-9(18)2-1-3-10(11)22-14(17)21/h1-5,18-19H. The van der Waals surface area contributed by atoms with Crippen LogP contribution in [-0.2, 0) is 0 Å². The maximum Gasteiger partial charge on any atom is 0.427 e. The van der Waals surface area contributed by atoms with Crippen molar-refractivity contribution in [3.05, 3.63) is 61.3 Å².